The summed E-state index contributed by atoms with van der Waals surface area (Å²) in [4.78, 5) is 0. The van der Waals surface area contributed by atoms with Crippen molar-refractivity contribution in [3.8, 4) is 11.5 Å². The van der Waals surface area contributed by atoms with E-state index in [9.17, 15) is 5.11 Å². The highest BCUT2D eigenvalue weighted by atomic mass is 79.9. The molecule has 0 saturated heterocycles. The summed E-state index contributed by atoms with van der Waals surface area (Å²) in [7, 11) is 1.66. The molecular formula is C17H20BrNO2. The van der Waals surface area contributed by atoms with Gasteiger partial charge in [0.05, 0.1) is 13.2 Å². The first-order valence-corrected chi connectivity index (χ1v) is 7.74. The fraction of sp³-hybridized carbons (Fsp3) is 0.294. The number of benzene rings is 2. The summed E-state index contributed by atoms with van der Waals surface area (Å²) < 4.78 is 6.19. The number of hydrogen-bond acceptors (Lipinski definition) is 3. The molecular weight excluding hydrogens is 330 g/mol. The van der Waals surface area contributed by atoms with Gasteiger partial charge in [0.25, 0.3) is 0 Å². The highest BCUT2D eigenvalue weighted by molar-refractivity contribution is 9.10. The summed E-state index contributed by atoms with van der Waals surface area (Å²) in [6.07, 6.45) is 0.871. The molecule has 0 amide bonds. The Morgan fingerprint density at radius 1 is 1.24 bits per heavy atom. The van der Waals surface area contributed by atoms with Crippen LogP contribution in [0, 0.1) is 6.92 Å². The molecule has 2 rings (SSSR count). The predicted octanol–water partition coefficient (Wildman–Crippen LogP) is 5.03. The molecule has 0 aliphatic carbocycles. The van der Waals surface area contributed by atoms with Gasteiger partial charge in [0.1, 0.15) is 11.5 Å². The van der Waals surface area contributed by atoms with Gasteiger partial charge >= 0.3 is 0 Å². The van der Waals surface area contributed by atoms with E-state index >= 15 is 0 Å². The molecule has 0 aliphatic rings. The van der Waals surface area contributed by atoms with E-state index in [2.05, 4.69) is 28.2 Å². The van der Waals surface area contributed by atoms with Crippen molar-refractivity contribution in [1.29, 1.82) is 0 Å². The average molecular weight is 350 g/mol. The Bertz CT molecular complexity index is 628. The minimum absolute atomic E-state index is 0.0506. The topological polar surface area (TPSA) is 41.5 Å². The number of phenolic OH excluding ortho intramolecular Hbond substituents is 1. The molecule has 0 radical (unpaired) electrons. The third-order valence-electron chi connectivity index (χ3n) is 3.54. The van der Waals surface area contributed by atoms with E-state index in [1.165, 1.54) is 0 Å². The van der Waals surface area contributed by atoms with Crippen LogP contribution in [0.25, 0.3) is 0 Å². The SMILES string of the molecule is CCC(Nc1ccc(OC)cc1C)c1cc(Br)ccc1O. The lowest BCUT2D eigenvalue weighted by Crippen LogP contribution is -2.11. The van der Waals surface area contributed by atoms with Crippen molar-refractivity contribution in [2.45, 2.75) is 26.3 Å². The van der Waals surface area contributed by atoms with Crippen molar-refractivity contribution >= 4 is 21.6 Å². The van der Waals surface area contributed by atoms with Crippen molar-refractivity contribution in [2.24, 2.45) is 0 Å². The van der Waals surface area contributed by atoms with Gasteiger partial charge in [0, 0.05) is 15.7 Å². The molecule has 4 heteroatoms. The lowest BCUT2D eigenvalue weighted by atomic mass is 10.0. The minimum atomic E-state index is 0.0506. The number of phenols is 1. The molecule has 0 heterocycles. The first-order chi connectivity index (χ1) is 10.0. The fourth-order valence-electron chi connectivity index (χ4n) is 2.32. The van der Waals surface area contributed by atoms with Gasteiger partial charge in [-0.1, -0.05) is 22.9 Å². The highest BCUT2D eigenvalue weighted by Gasteiger charge is 2.15. The van der Waals surface area contributed by atoms with Crippen LogP contribution in [0.2, 0.25) is 0 Å². The van der Waals surface area contributed by atoms with E-state index in [0.717, 1.165) is 33.5 Å². The van der Waals surface area contributed by atoms with Crippen molar-refractivity contribution in [1.82, 2.24) is 0 Å². The van der Waals surface area contributed by atoms with E-state index in [1.54, 1.807) is 13.2 Å². The fourth-order valence-corrected chi connectivity index (χ4v) is 2.70. The second kappa shape index (κ2) is 6.85. The maximum atomic E-state index is 10.1. The summed E-state index contributed by atoms with van der Waals surface area (Å²) in [6.45, 7) is 4.13. The van der Waals surface area contributed by atoms with Gasteiger partial charge in [0.2, 0.25) is 0 Å². The second-order valence-electron chi connectivity index (χ2n) is 4.99. The first kappa shape index (κ1) is 15.7. The average Bonchev–Trinajstić information content (AvgIpc) is 2.48. The normalized spacial score (nSPS) is 12.0. The molecule has 3 nitrogen and oxygen atoms in total. The van der Waals surface area contributed by atoms with Crippen LogP contribution in [0.3, 0.4) is 0 Å². The van der Waals surface area contributed by atoms with E-state index < -0.39 is 0 Å². The molecule has 0 aromatic heterocycles. The second-order valence-corrected chi connectivity index (χ2v) is 5.90. The maximum absolute atomic E-state index is 10.1. The predicted molar refractivity (Wildman–Crippen MR) is 90.2 cm³/mol. The van der Waals surface area contributed by atoms with Gasteiger partial charge in [-0.25, -0.2) is 0 Å². The largest absolute Gasteiger partial charge is 0.508 e. The molecule has 2 aromatic rings. The lowest BCUT2D eigenvalue weighted by Gasteiger charge is -2.21. The Kier molecular flexibility index (Phi) is 5.12. The Labute approximate surface area is 134 Å². The van der Waals surface area contributed by atoms with E-state index in [0.29, 0.717) is 5.75 Å². The molecule has 112 valence electrons. The van der Waals surface area contributed by atoms with E-state index in [-0.39, 0.29) is 6.04 Å². The molecule has 0 aliphatic heterocycles. The number of aromatic hydroxyl groups is 1. The third kappa shape index (κ3) is 3.70. The van der Waals surface area contributed by atoms with Crippen LogP contribution >= 0.6 is 15.9 Å². The van der Waals surface area contributed by atoms with Crippen molar-refractivity contribution < 1.29 is 9.84 Å². The Hall–Kier alpha value is -1.68. The number of anilines is 1. The number of methoxy groups -OCH3 is 1. The van der Waals surface area contributed by atoms with Crippen LogP contribution in [-0.4, -0.2) is 12.2 Å². The van der Waals surface area contributed by atoms with Crippen LogP contribution in [0.4, 0.5) is 5.69 Å². The number of ether oxygens (including phenoxy) is 1. The Morgan fingerprint density at radius 3 is 2.62 bits per heavy atom. The van der Waals surface area contributed by atoms with Crippen LogP contribution in [0.15, 0.2) is 40.9 Å². The van der Waals surface area contributed by atoms with Crippen LogP contribution in [0.1, 0.15) is 30.5 Å². The first-order valence-electron chi connectivity index (χ1n) is 6.94. The van der Waals surface area contributed by atoms with Crippen LogP contribution in [0.5, 0.6) is 11.5 Å². The standard InChI is InChI=1S/C17H20BrNO2/c1-4-15(14-10-12(18)5-8-17(14)20)19-16-7-6-13(21-3)9-11(16)2/h5-10,15,19-20H,4H2,1-3H3. The molecule has 2 N–H and O–H groups in total. The Morgan fingerprint density at radius 2 is 2.00 bits per heavy atom. The zero-order valence-corrected chi connectivity index (χ0v) is 14.1. The minimum Gasteiger partial charge on any atom is -0.508 e. The van der Waals surface area contributed by atoms with Crippen LogP contribution in [-0.2, 0) is 0 Å². The smallest absolute Gasteiger partial charge is 0.120 e. The van der Waals surface area contributed by atoms with Gasteiger partial charge in [0.15, 0.2) is 0 Å². The lowest BCUT2D eigenvalue weighted by molar-refractivity contribution is 0.414. The molecule has 2 aromatic carbocycles. The maximum Gasteiger partial charge on any atom is 0.120 e. The number of nitrogens with one attached hydrogen (secondary N) is 1. The van der Waals surface area contributed by atoms with Gasteiger partial charge in [-0.15, -0.1) is 0 Å². The summed E-state index contributed by atoms with van der Waals surface area (Å²) >= 11 is 3.46. The zero-order valence-electron chi connectivity index (χ0n) is 12.5. The number of halogens is 1. The molecule has 0 spiro atoms. The molecule has 21 heavy (non-hydrogen) atoms. The van der Waals surface area contributed by atoms with Crippen molar-refractivity contribution in [3.05, 3.63) is 52.0 Å². The molecule has 0 bridgehead atoms. The summed E-state index contributed by atoms with van der Waals surface area (Å²) in [5.41, 5.74) is 3.05. The molecule has 0 saturated carbocycles. The third-order valence-corrected chi connectivity index (χ3v) is 4.03. The van der Waals surface area contributed by atoms with Crippen molar-refractivity contribution in [2.75, 3.05) is 12.4 Å². The summed E-state index contributed by atoms with van der Waals surface area (Å²) in [6, 6.07) is 11.5. The molecule has 1 unspecified atom stereocenters. The van der Waals surface area contributed by atoms with Crippen molar-refractivity contribution in [3.63, 3.8) is 0 Å². The van der Waals surface area contributed by atoms with Gasteiger partial charge in [-0.2, -0.15) is 0 Å². The van der Waals surface area contributed by atoms with E-state index in [1.807, 2.05) is 37.3 Å². The molecule has 0 fully saturated rings. The number of hydrogen-bond donors (Lipinski definition) is 2. The zero-order chi connectivity index (χ0) is 15.4. The molecule has 1 atom stereocenters. The number of aryl methyl sites for hydroxylation is 1. The summed E-state index contributed by atoms with van der Waals surface area (Å²) in [5.74, 6) is 1.15. The van der Waals surface area contributed by atoms with Crippen LogP contribution < -0.4 is 10.1 Å². The summed E-state index contributed by atoms with van der Waals surface area (Å²) in [5, 5.41) is 13.6. The van der Waals surface area contributed by atoms with E-state index in [4.69, 9.17) is 4.74 Å². The van der Waals surface area contributed by atoms with Gasteiger partial charge in [-0.3, -0.25) is 0 Å². The Balaban J connectivity index is 2.29. The van der Waals surface area contributed by atoms with Gasteiger partial charge < -0.3 is 15.2 Å². The quantitative estimate of drug-likeness (QED) is 0.794. The van der Waals surface area contributed by atoms with Gasteiger partial charge in [-0.05, 0) is 55.3 Å². The monoisotopic (exact) mass is 349 g/mol. The highest BCUT2D eigenvalue weighted by Crippen LogP contribution is 2.33. The number of rotatable bonds is 5.